The second kappa shape index (κ2) is 5.70. The second-order valence-electron chi connectivity index (χ2n) is 2.79. The summed E-state index contributed by atoms with van der Waals surface area (Å²) in [6.45, 7) is 2.63. The first-order valence-electron chi connectivity index (χ1n) is 4.52. The molecule has 0 heterocycles. The Morgan fingerprint density at radius 2 is 2.00 bits per heavy atom. The van der Waals surface area contributed by atoms with E-state index in [1.165, 1.54) is 5.56 Å². The Balaban J connectivity index is 2.31. The fourth-order valence-electron chi connectivity index (χ4n) is 1.12. The Morgan fingerprint density at radius 1 is 1.31 bits per heavy atom. The smallest absolute Gasteiger partial charge is 0.159 e. The highest BCUT2D eigenvalue weighted by Gasteiger charge is 1.97. The van der Waals surface area contributed by atoms with Gasteiger partial charge >= 0.3 is 0 Å². The van der Waals surface area contributed by atoms with Gasteiger partial charge in [0.25, 0.3) is 0 Å². The lowest BCUT2D eigenvalue weighted by molar-refractivity contribution is 0.327. The predicted octanol–water partition coefficient (Wildman–Crippen LogP) is 2.98. The van der Waals surface area contributed by atoms with E-state index < -0.39 is 0 Å². The second-order valence-corrected chi connectivity index (χ2v) is 3.25. The monoisotopic (exact) mass is 194 g/mol. The van der Waals surface area contributed by atoms with E-state index >= 15 is 0 Å². The van der Waals surface area contributed by atoms with Gasteiger partial charge in [-0.1, -0.05) is 30.3 Å². The maximum Gasteiger partial charge on any atom is 0.159 e. The van der Waals surface area contributed by atoms with Crippen LogP contribution < -0.4 is 0 Å². The van der Waals surface area contributed by atoms with Gasteiger partial charge in [0.05, 0.1) is 6.61 Å². The molecule has 0 aliphatic rings. The highest BCUT2D eigenvalue weighted by molar-refractivity contribution is 7.80. The van der Waals surface area contributed by atoms with Crippen LogP contribution in [0.15, 0.2) is 30.3 Å². The van der Waals surface area contributed by atoms with Crippen molar-refractivity contribution < 1.29 is 4.74 Å². The average molecular weight is 194 g/mol. The lowest BCUT2D eigenvalue weighted by Crippen LogP contribution is -2.02. The highest BCUT2D eigenvalue weighted by Crippen LogP contribution is 2.03. The molecular formula is C11H14OS. The number of hydrogen-bond acceptors (Lipinski definition) is 2. The third-order valence-electron chi connectivity index (χ3n) is 1.77. The third kappa shape index (κ3) is 4.04. The molecule has 0 spiro atoms. The van der Waals surface area contributed by atoms with Crippen LogP contribution in [0.3, 0.4) is 0 Å². The molecule has 1 rings (SSSR count). The van der Waals surface area contributed by atoms with E-state index in [0.717, 1.165) is 12.8 Å². The first kappa shape index (κ1) is 10.2. The zero-order valence-corrected chi connectivity index (χ0v) is 8.64. The first-order valence-corrected chi connectivity index (χ1v) is 4.93. The molecule has 0 atom stereocenters. The molecule has 0 amide bonds. The van der Waals surface area contributed by atoms with E-state index in [4.69, 9.17) is 17.0 Å². The summed E-state index contributed by atoms with van der Waals surface area (Å²) >= 11 is 5.03. The van der Waals surface area contributed by atoms with Gasteiger partial charge in [0.1, 0.15) is 0 Å². The van der Waals surface area contributed by atoms with Gasteiger partial charge in [-0.3, -0.25) is 0 Å². The molecule has 0 saturated carbocycles. The molecule has 1 aromatic carbocycles. The predicted molar refractivity (Wildman–Crippen MR) is 59.0 cm³/mol. The zero-order valence-electron chi connectivity index (χ0n) is 7.82. The summed E-state index contributed by atoms with van der Waals surface area (Å²) in [4.78, 5) is 0. The molecule has 0 aromatic heterocycles. The largest absolute Gasteiger partial charge is 0.487 e. The number of benzene rings is 1. The van der Waals surface area contributed by atoms with Gasteiger partial charge in [-0.2, -0.15) is 0 Å². The minimum atomic E-state index is 0.674. The van der Waals surface area contributed by atoms with E-state index in [-0.39, 0.29) is 0 Å². The first-order chi connectivity index (χ1) is 6.33. The molecule has 1 nitrogen and oxygen atoms in total. The molecule has 0 aliphatic carbocycles. The van der Waals surface area contributed by atoms with Crippen molar-refractivity contribution in [3.63, 3.8) is 0 Å². The number of aryl methyl sites for hydroxylation is 1. The summed E-state index contributed by atoms with van der Waals surface area (Å²) in [5.41, 5.74) is 1.31. The third-order valence-corrected chi connectivity index (χ3v) is 2.09. The Kier molecular flexibility index (Phi) is 4.47. The van der Waals surface area contributed by atoms with Gasteiger partial charge < -0.3 is 4.74 Å². The zero-order chi connectivity index (χ0) is 9.52. The normalized spacial score (nSPS) is 9.62. The molecule has 0 saturated heterocycles. The Bertz CT molecular complexity index is 256. The van der Waals surface area contributed by atoms with Crippen molar-refractivity contribution in [3.8, 4) is 0 Å². The van der Waals surface area contributed by atoms with E-state index in [1.807, 2.05) is 25.1 Å². The molecular weight excluding hydrogens is 180 g/mol. The summed E-state index contributed by atoms with van der Waals surface area (Å²) in [5.74, 6) is 0. The summed E-state index contributed by atoms with van der Waals surface area (Å²) in [7, 11) is 0. The Labute approximate surface area is 84.7 Å². The van der Waals surface area contributed by atoms with E-state index in [0.29, 0.717) is 11.7 Å². The molecule has 2 heteroatoms. The minimum absolute atomic E-state index is 0.674. The van der Waals surface area contributed by atoms with Crippen LogP contribution in [-0.2, 0) is 11.2 Å². The minimum Gasteiger partial charge on any atom is -0.487 e. The van der Waals surface area contributed by atoms with Gasteiger partial charge in [-0.15, -0.1) is 0 Å². The highest BCUT2D eigenvalue weighted by atomic mass is 32.1. The van der Waals surface area contributed by atoms with Gasteiger partial charge in [-0.05, 0) is 31.1 Å². The van der Waals surface area contributed by atoms with Crippen molar-refractivity contribution >= 4 is 17.3 Å². The van der Waals surface area contributed by atoms with Gasteiger partial charge in [0.2, 0.25) is 0 Å². The van der Waals surface area contributed by atoms with Crippen molar-refractivity contribution in [2.45, 2.75) is 19.8 Å². The number of ether oxygens (including phenoxy) is 1. The van der Waals surface area contributed by atoms with Crippen LogP contribution in [0.5, 0.6) is 0 Å². The molecule has 1 aromatic rings. The molecule has 0 bridgehead atoms. The Hall–Kier alpha value is -0.890. The van der Waals surface area contributed by atoms with Crippen LogP contribution in [0.1, 0.15) is 18.9 Å². The summed E-state index contributed by atoms with van der Waals surface area (Å²) in [6.07, 6.45) is 1.81. The average Bonchev–Trinajstić information content (AvgIpc) is 2.17. The fourth-order valence-corrected chi connectivity index (χ4v) is 1.34. The standard InChI is InChI=1S/C11H14OS/c1-2-12-11(13)9-8-10-6-4-3-5-7-10/h3-7H,2,8-9H2,1H3. The maximum absolute atomic E-state index is 5.20. The topological polar surface area (TPSA) is 9.23 Å². The summed E-state index contributed by atoms with van der Waals surface area (Å²) in [6, 6.07) is 10.3. The van der Waals surface area contributed by atoms with Crippen LogP contribution in [0, 0.1) is 0 Å². The molecule has 0 aliphatic heterocycles. The number of thiocarbonyl (C=S) groups is 1. The van der Waals surface area contributed by atoms with E-state index in [9.17, 15) is 0 Å². The lowest BCUT2D eigenvalue weighted by Gasteiger charge is -2.04. The number of rotatable bonds is 4. The van der Waals surface area contributed by atoms with Crippen LogP contribution in [0.25, 0.3) is 0 Å². The van der Waals surface area contributed by atoms with Gasteiger partial charge in [0.15, 0.2) is 5.05 Å². The molecule has 13 heavy (non-hydrogen) atoms. The van der Waals surface area contributed by atoms with Gasteiger partial charge in [-0.25, -0.2) is 0 Å². The maximum atomic E-state index is 5.20. The molecule has 0 radical (unpaired) electrons. The van der Waals surface area contributed by atoms with Crippen LogP contribution in [0.4, 0.5) is 0 Å². The Morgan fingerprint density at radius 3 is 2.62 bits per heavy atom. The molecule has 0 unspecified atom stereocenters. The fraction of sp³-hybridized carbons (Fsp3) is 0.364. The van der Waals surface area contributed by atoms with Crippen molar-refractivity contribution in [2.75, 3.05) is 6.61 Å². The molecule has 0 N–H and O–H groups in total. The molecule has 0 fully saturated rings. The van der Waals surface area contributed by atoms with Crippen molar-refractivity contribution in [1.82, 2.24) is 0 Å². The van der Waals surface area contributed by atoms with Crippen molar-refractivity contribution in [1.29, 1.82) is 0 Å². The van der Waals surface area contributed by atoms with Gasteiger partial charge in [0, 0.05) is 6.42 Å². The van der Waals surface area contributed by atoms with Crippen LogP contribution in [0.2, 0.25) is 0 Å². The van der Waals surface area contributed by atoms with Crippen molar-refractivity contribution in [3.05, 3.63) is 35.9 Å². The van der Waals surface area contributed by atoms with Crippen molar-refractivity contribution in [2.24, 2.45) is 0 Å². The van der Waals surface area contributed by atoms with Crippen LogP contribution in [-0.4, -0.2) is 11.7 Å². The van der Waals surface area contributed by atoms with E-state index in [2.05, 4.69) is 12.1 Å². The summed E-state index contributed by atoms with van der Waals surface area (Å²) < 4.78 is 5.20. The number of hydrogen-bond donors (Lipinski definition) is 0. The SMILES string of the molecule is CCOC(=S)CCc1ccccc1. The van der Waals surface area contributed by atoms with E-state index in [1.54, 1.807) is 0 Å². The lowest BCUT2D eigenvalue weighted by atomic mass is 10.1. The van der Waals surface area contributed by atoms with Crippen LogP contribution >= 0.6 is 12.2 Å². The quantitative estimate of drug-likeness (QED) is 0.681. The molecule has 70 valence electrons. The summed E-state index contributed by atoms with van der Waals surface area (Å²) in [5, 5.41) is 0.714.